The molecule has 7 aromatic carbocycles. The molecule has 0 bridgehead atoms. The standard InChI is InChI=1S/C66H69N3O/c1-41-20-18-21-42(2)59(41)46-32-33-67-56(38-46)48-34-47(35-50(36-48)64(6,7)8)52-24-19-25-58-60(52)68-62(54-39-51(65(9,10)11)40-55(61(54)70)66(12,13)14)69(58)57-31-28-45(37-53(57)44-22-16-15-17-23-44)43-26-29-49(30-27-43)63(3,4)5/h15-40,70H,1-14H3/i9D3,10D3,11D3,12D3,13D3,14D3. The number of rotatable bonds is 7. The number of aryl methyl sites for hydroxylation is 2. The monoisotopic (exact) mass is 938 g/mol. The van der Waals surface area contributed by atoms with Gasteiger partial charge in [0.05, 0.1) is 28.0 Å². The highest BCUT2D eigenvalue weighted by Gasteiger charge is 2.30. The van der Waals surface area contributed by atoms with Gasteiger partial charge in [-0.15, -0.1) is 0 Å². The molecule has 0 spiro atoms. The molecule has 2 aromatic heterocycles. The maximum absolute atomic E-state index is 13.2. The van der Waals surface area contributed by atoms with Crippen LogP contribution in [0.3, 0.4) is 0 Å². The SMILES string of the molecule is [2H]C([2H])([2H])C(c1cc(-c2nc3c(-c4cc(-c5cc(-c6c(C)cccc6C)ccn5)cc(C(C)(C)C)c4)cccc3n2-c2ccc(-c3ccc(C(C)(C)C)cc3)cc2-c2ccccc2)c(O)c(C(C([2H])([2H])[2H])(C([2H])([2H])[2H])C([2H])([2H])[2H])c1)(C([2H])([2H])[2H])C([2H])([2H])[2H]. The largest absolute Gasteiger partial charge is 0.507 e. The Labute approximate surface area is 442 Å². The number of aromatic nitrogens is 3. The van der Waals surface area contributed by atoms with Crippen molar-refractivity contribution in [3.05, 3.63) is 191 Å². The van der Waals surface area contributed by atoms with Gasteiger partial charge in [-0.3, -0.25) is 9.55 Å². The Hall–Kier alpha value is -7.04. The van der Waals surface area contributed by atoms with E-state index in [2.05, 4.69) is 47.6 Å². The molecule has 0 amide bonds. The Morgan fingerprint density at radius 2 is 1.11 bits per heavy atom. The van der Waals surface area contributed by atoms with Crippen LogP contribution in [0.1, 0.15) is 141 Å². The minimum absolute atomic E-state index is 0.164. The van der Waals surface area contributed by atoms with Gasteiger partial charge in [0.25, 0.3) is 0 Å². The van der Waals surface area contributed by atoms with Gasteiger partial charge in [0, 0.05) is 53.1 Å². The highest BCUT2D eigenvalue weighted by molar-refractivity contribution is 5.98. The minimum atomic E-state index is -4.15. The van der Waals surface area contributed by atoms with E-state index in [1.165, 1.54) is 0 Å². The summed E-state index contributed by atoms with van der Waals surface area (Å²) in [4.78, 5) is 10.2. The normalized spacial score (nSPS) is 17.4. The first-order chi connectivity index (χ1) is 40.5. The Balaban J connectivity index is 1.50. The van der Waals surface area contributed by atoms with Crippen molar-refractivity contribution in [3.63, 3.8) is 0 Å². The molecule has 0 saturated heterocycles. The predicted octanol–water partition coefficient (Wildman–Crippen LogP) is 17.9. The van der Waals surface area contributed by atoms with Crippen molar-refractivity contribution >= 4 is 11.0 Å². The number of phenolic OH excluding ortho intramolecular Hbond substituents is 1. The molecule has 1 N–H and O–H groups in total. The lowest BCUT2D eigenvalue weighted by Gasteiger charge is -2.27. The van der Waals surface area contributed by atoms with Crippen molar-refractivity contribution in [2.24, 2.45) is 0 Å². The van der Waals surface area contributed by atoms with E-state index in [4.69, 9.17) is 34.6 Å². The fourth-order valence-electron chi connectivity index (χ4n) is 9.36. The molecule has 0 aliphatic rings. The van der Waals surface area contributed by atoms with Crippen LogP contribution in [0.25, 0.3) is 83.9 Å². The van der Waals surface area contributed by atoms with Gasteiger partial charge in [-0.05, 0) is 145 Å². The molecule has 354 valence electrons. The zero-order valence-corrected chi connectivity index (χ0v) is 40.8. The molecule has 0 radical (unpaired) electrons. The molecule has 0 aliphatic heterocycles. The van der Waals surface area contributed by atoms with Crippen LogP contribution in [0.5, 0.6) is 5.75 Å². The van der Waals surface area contributed by atoms with Crippen molar-refractivity contribution in [3.8, 4) is 78.6 Å². The molecular weight excluding hydrogens is 851 g/mol. The van der Waals surface area contributed by atoms with Gasteiger partial charge in [-0.25, -0.2) is 4.98 Å². The smallest absolute Gasteiger partial charge is 0.149 e. The molecule has 0 unspecified atom stereocenters. The average Bonchev–Trinajstić information content (AvgIpc) is 0.887. The number of fused-ring (bicyclic) bond motifs is 1. The number of pyridine rings is 1. The summed E-state index contributed by atoms with van der Waals surface area (Å²) in [5, 5.41) is 13.2. The van der Waals surface area contributed by atoms with E-state index >= 15 is 0 Å². The van der Waals surface area contributed by atoms with E-state index in [1.807, 2.05) is 123 Å². The maximum atomic E-state index is 13.2. The van der Waals surface area contributed by atoms with Crippen LogP contribution in [0.2, 0.25) is 0 Å². The van der Waals surface area contributed by atoms with Crippen LogP contribution in [-0.4, -0.2) is 19.6 Å². The lowest BCUT2D eigenvalue weighted by Crippen LogP contribution is -2.17. The zero-order valence-electron chi connectivity index (χ0n) is 58.8. The second-order valence-electron chi connectivity index (χ2n) is 20.5. The summed E-state index contributed by atoms with van der Waals surface area (Å²) in [6.07, 6.45) is 1.75. The van der Waals surface area contributed by atoms with Crippen LogP contribution < -0.4 is 0 Å². The highest BCUT2D eigenvalue weighted by Crippen LogP contribution is 2.46. The summed E-state index contributed by atoms with van der Waals surface area (Å²) < 4.78 is 161. The van der Waals surface area contributed by atoms with Gasteiger partial charge in [-0.2, -0.15) is 0 Å². The number of para-hydroxylation sites is 1. The molecule has 4 nitrogen and oxygen atoms in total. The molecule has 9 aromatic rings. The number of nitrogens with zero attached hydrogens (tertiary/aromatic N) is 3. The molecule has 0 saturated carbocycles. The number of hydrogen-bond acceptors (Lipinski definition) is 3. The van der Waals surface area contributed by atoms with E-state index in [0.29, 0.717) is 39.7 Å². The van der Waals surface area contributed by atoms with Crippen molar-refractivity contribution in [2.45, 2.75) is 118 Å². The summed E-state index contributed by atoms with van der Waals surface area (Å²) in [6, 6.07) is 45.1. The number of phenols is 1. The number of benzene rings is 7. The fourth-order valence-corrected chi connectivity index (χ4v) is 9.36. The van der Waals surface area contributed by atoms with Gasteiger partial charge in [0.2, 0.25) is 0 Å². The lowest BCUT2D eigenvalue weighted by atomic mass is 9.79. The highest BCUT2D eigenvalue weighted by atomic mass is 16.3. The molecule has 0 aliphatic carbocycles. The topological polar surface area (TPSA) is 50.9 Å². The van der Waals surface area contributed by atoms with Crippen molar-refractivity contribution in [2.75, 3.05) is 0 Å². The molecule has 0 fully saturated rings. The first-order valence-corrected chi connectivity index (χ1v) is 23.4. The Morgan fingerprint density at radius 1 is 0.471 bits per heavy atom. The number of imidazole rings is 1. The third-order valence-electron chi connectivity index (χ3n) is 13.2. The Kier molecular flexibility index (Phi) is 7.74. The molecular formula is C66H69N3O. The van der Waals surface area contributed by atoms with Crippen molar-refractivity contribution in [1.29, 1.82) is 0 Å². The summed E-state index contributed by atoms with van der Waals surface area (Å²) in [7, 11) is 0. The van der Waals surface area contributed by atoms with E-state index in [-0.39, 0.29) is 16.4 Å². The van der Waals surface area contributed by atoms with Crippen LogP contribution in [0, 0.1) is 13.8 Å². The lowest BCUT2D eigenvalue weighted by molar-refractivity contribution is 0.446. The quantitative estimate of drug-likeness (QED) is 0.173. The van der Waals surface area contributed by atoms with E-state index in [9.17, 15) is 5.11 Å². The molecule has 2 heterocycles. The van der Waals surface area contributed by atoms with Crippen LogP contribution in [0.4, 0.5) is 0 Å². The molecule has 9 rings (SSSR count). The first-order valence-electron chi connectivity index (χ1n) is 32.4. The fraction of sp³-hybridized carbons (Fsp3) is 0.273. The third kappa shape index (κ3) is 9.25. The van der Waals surface area contributed by atoms with E-state index in [0.717, 1.165) is 56.1 Å². The van der Waals surface area contributed by atoms with Crippen LogP contribution in [0.15, 0.2) is 158 Å². The number of hydrogen-bond donors (Lipinski definition) is 1. The summed E-state index contributed by atoms with van der Waals surface area (Å²) in [5.41, 5.74) is -0.219. The predicted molar refractivity (Wildman–Crippen MR) is 297 cm³/mol. The number of aromatic hydroxyl groups is 1. The van der Waals surface area contributed by atoms with Gasteiger partial charge in [-0.1, -0.05) is 186 Å². The Morgan fingerprint density at radius 3 is 1.79 bits per heavy atom. The summed E-state index contributed by atoms with van der Waals surface area (Å²) in [5.74, 6) is -1.77. The summed E-state index contributed by atoms with van der Waals surface area (Å²) >= 11 is 0. The second-order valence-corrected chi connectivity index (χ2v) is 20.5. The first kappa shape index (κ1) is 30.5. The average molecular weight is 938 g/mol. The van der Waals surface area contributed by atoms with Gasteiger partial charge >= 0.3 is 0 Å². The zero-order chi connectivity index (χ0) is 65.1. The maximum Gasteiger partial charge on any atom is 0.149 e. The second kappa shape index (κ2) is 17.7. The minimum Gasteiger partial charge on any atom is -0.507 e. The molecule has 4 heteroatoms. The van der Waals surface area contributed by atoms with Crippen molar-refractivity contribution < 1.29 is 29.8 Å². The molecule has 70 heavy (non-hydrogen) atoms. The van der Waals surface area contributed by atoms with Gasteiger partial charge in [0.1, 0.15) is 11.6 Å². The van der Waals surface area contributed by atoms with Crippen LogP contribution >= 0.6 is 0 Å². The van der Waals surface area contributed by atoms with E-state index < -0.39 is 85.6 Å². The third-order valence-corrected chi connectivity index (χ3v) is 13.2. The van der Waals surface area contributed by atoms with Crippen LogP contribution in [-0.2, 0) is 21.7 Å². The Bertz CT molecular complexity index is 4020. The van der Waals surface area contributed by atoms with E-state index in [1.54, 1.807) is 35.0 Å². The van der Waals surface area contributed by atoms with Gasteiger partial charge < -0.3 is 5.11 Å². The summed E-state index contributed by atoms with van der Waals surface area (Å²) in [6.45, 7) is -8.03. The molecule has 0 atom stereocenters. The van der Waals surface area contributed by atoms with Crippen molar-refractivity contribution in [1.82, 2.24) is 14.5 Å². The van der Waals surface area contributed by atoms with Gasteiger partial charge in [0.15, 0.2) is 0 Å².